The number of alkyl halides is 3. The van der Waals surface area contributed by atoms with E-state index in [9.17, 15) is 45.2 Å². The zero-order valence-electron chi connectivity index (χ0n) is 30.6. The van der Waals surface area contributed by atoms with Crippen molar-refractivity contribution in [3.63, 3.8) is 0 Å². The average molecular weight is 806 g/mol. The average Bonchev–Trinajstić information content (AvgIpc) is 3.92. The van der Waals surface area contributed by atoms with Gasteiger partial charge in [0.2, 0.25) is 21.8 Å². The summed E-state index contributed by atoms with van der Waals surface area (Å²) in [6.45, 7) is 1.33. The molecule has 0 radical (unpaired) electrons. The highest BCUT2D eigenvalue weighted by atomic mass is 32.2. The van der Waals surface area contributed by atoms with Gasteiger partial charge in [0.1, 0.15) is 35.3 Å². The SMILES string of the molecule is CC1(S(=O)(=O)NC(=O)[C@@]23C[C@@H]2/C=C\CCCCC[C@H](Nc2cccc(OC(F)(F)F)c2)C(=O)N2C[C@H](OC(=O)N4Cc5cccc(F)c5C4)C[C@H]2C(=O)N3)CC1. The summed E-state index contributed by atoms with van der Waals surface area (Å²) in [5.41, 5.74) is -0.510. The third-order valence-corrected chi connectivity index (χ3v) is 13.5. The van der Waals surface area contributed by atoms with Gasteiger partial charge in [-0.2, -0.15) is 0 Å². The normalized spacial score (nSPS) is 28.0. The lowest BCUT2D eigenvalue weighted by molar-refractivity contribution is -0.274. The van der Waals surface area contributed by atoms with Crippen molar-refractivity contribution in [1.29, 1.82) is 0 Å². The van der Waals surface area contributed by atoms with Crippen LogP contribution in [0.2, 0.25) is 0 Å². The molecule has 5 aliphatic rings. The lowest BCUT2D eigenvalue weighted by Gasteiger charge is -2.30. The fourth-order valence-corrected chi connectivity index (χ4v) is 8.97. The van der Waals surface area contributed by atoms with Gasteiger partial charge in [-0.05, 0) is 69.2 Å². The number of amides is 4. The molecule has 7 rings (SSSR count). The highest BCUT2D eigenvalue weighted by molar-refractivity contribution is 7.91. The van der Waals surface area contributed by atoms with Gasteiger partial charge in [-0.3, -0.25) is 24.0 Å². The monoisotopic (exact) mass is 805 g/mol. The Labute approximate surface area is 321 Å². The van der Waals surface area contributed by atoms with E-state index in [2.05, 4.69) is 20.1 Å². The number of halogens is 4. The van der Waals surface area contributed by atoms with Crippen molar-refractivity contribution in [1.82, 2.24) is 19.8 Å². The first-order valence-corrected chi connectivity index (χ1v) is 20.2. The first-order chi connectivity index (χ1) is 26.5. The van der Waals surface area contributed by atoms with Crippen LogP contribution >= 0.6 is 0 Å². The number of sulfonamides is 1. The molecule has 0 spiro atoms. The molecule has 0 aromatic heterocycles. The van der Waals surface area contributed by atoms with Crippen LogP contribution < -0.4 is 20.1 Å². The second kappa shape index (κ2) is 14.9. The van der Waals surface area contributed by atoms with E-state index < -0.39 is 86.2 Å². The van der Waals surface area contributed by atoms with Crippen LogP contribution in [-0.2, 0) is 42.2 Å². The maximum absolute atomic E-state index is 14.5. The molecule has 3 fully saturated rings. The maximum atomic E-state index is 14.5. The van der Waals surface area contributed by atoms with Crippen molar-refractivity contribution in [2.24, 2.45) is 5.92 Å². The number of benzene rings is 2. The van der Waals surface area contributed by atoms with Crippen molar-refractivity contribution < 1.29 is 54.6 Å². The maximum Gasteiger partial charge on any atom is 0.573 e. The second-order valence-corrected chi connectivity index (χ2v) is 17.7. The smallest absolute Gasteiger partial charge is 0.444 e. The summed E-state index contributed by atoms with van der Waals surface area (Å²) in [4.78, 5) is 58.6. The van der Waals surface area contributed by atoms with E-state index in [1.807, 2.05) is 6.08 Å². The highest BCUT2D eigenvalue weighted by Crippen LogP contribution is 2.47. The predicted octanol–water partition coefficient (Wildman–Crippen LogP) is 5.02. The Balaban J connectivity index is 1.16. The van der Waals surface area contributed by atoms with E-state index in [-0.39, 0.29) is 44.6 Å². The number of nitrogens with one attached hydrogen (secondary N) is 3. The third-order valence-electron chi connectivity index (χ3n) is 11.3. The van der Waals surface area contributed by atoms with Crippen LogP contribution in [0.5, 0.6) is 5.75 Å². The lowest BCUT2D eigenvalue weighted by atomic mass is 10.0. The molecule has 0 bridgehead atoms. The van der Waals surface area contributed by atoms with Crippen molar-refractivity contribution in [2.75, 3.05) is 11.9 Å². The van der Waals surface area contributed by atoms with Gasteiger partial charge in [0.25, 0.3) is 5.91 Å². The number of carbonyl (C=O) groups is 4. The Kier molecular flexibility index (Phi) is 10.5. The third kappa shape index (κ3) is 8.30. The zero-order chi connectivity index (χ0) is 40.0. The van der Waals surface area contributed by atoms with E-state index in [0.717, 1.165) is 12.1 Å². The lowest BCUT2D eigenvalue weighted by Crippen LogP contribution is -2.58. The minimum Gasteiger partial charge on any atom is -0.444 e. The molecule has 3 heterocycles. The van der Waals surface area contributed by atoms with Crippen LogP contribution in [0.15, 0.2) is 54.6 Å². The van der Waals surface area contributed by atoms with Crippen molar-refractivity contribution >= 4 is 39.5 Å². The van der Waals surface area contributed by atoms with Gasteiger partial charge in [0.05, 0.1) is 17.8 Å². The molecule has 18 heteroatoms. The summed E-state index contributed by atoms with van der Waals surface area (Å²) in [6.07, 6.45) is 0.304. The largest absolute Gasteiger partial charge is 0.573 e. The summed E-state index contributed by atoms with van der Waals surface area (Å²) >= 11 is 0. The van der Waals surface area contributed by atoms with Crippen LogP contribution in [-0.4, -0.2) is 83.4 Å². The standard InChI is InChI=1S/C38H43F4N5O8S/c1-36(15-16-36)56(52,53)45-34(50)37-19-24(37)10-5-3-2-4-6-14-30(43-25-11-8-12-26(17-25)55-38(40,41)42)33(49)47-21-27(18-31(47)32(48)44-37)54-35(51)46-20-23-9-7-13-29(39)28(23)22-46/h5,7-13,17,24,27,30-31,43H,2-4,6,14-16,18-22H2,1H3,(H,44,48)(H,45,50)/b10-5-/t24-,27+,30-,31-,37+/m0/s1. The Bertz CT molecular complexity index is 2040. The summed E-state index contributed by atoms with van der Waals surface area (Å²) in [5.74, 6) is -3.78. The molecule has 4 amide bonds. The van der Waals surface area contributed by atoms with Crippen LogP contribution in [0, 0.1) is 11.7 Å². The Morgan fingerprint density at radius 1 is 1.04 bits per heavy atom. The number of allylic oxidation sites excluding steroid dienone is 1. The molecule has 1 saturated heterocycles. The molecule has 2 saturated carbocycles. The number of hydrogen-bond acceptors (Lipinski definition) is 9. The molecular formula is C38H43F4N5O8S. The minimum atomic E-state index is -4.95. The number of anilines is 1. The van der Waals surface area contributed by atoms with Crippen molar-refractivity contribution in [3.05, 3.63) is 71.6 Å². The second-order valence-electron chi connectivity index (χ2n) is 15.5. The van der Waals surface area contributed by atoms with Crippen LogP contribution in [0.4, 0.5) is 28.0 Å². The topological polar surface area (TPSA) is 163 Å². The Morgan fingerprint density at radius 3 is 2.54 bits per heavy atom. The molecule has 0 unspecified atom stereocenters. The molecule has 2 aliphatic carbocycles. The molecule has 5 atom stereocenters. The van der Waals surface area contributed by atoms with Crippen molar-refractivity contribution in [3.8, 4) is 5.75 Å². The van der Waals surface area contributed by atoms with E-state index in [0.29, 0.717) is 49.7 Å². The number of carbonyl (C=O) groups excluding carboxylic acids is 4. The summed E-state index contributed by atoms with van der Waals surface area (Å²) in [7, 11) is -4.06. The first kappa shape index (κ1) is 39.4. The van der Waals surface area contributed by atoms with Crippen LogP contribution in [0.25, 0.3) is 0 Å². The van der Waals surface area contributed by atoms with Crippen LogP contribution in [0.1, 0.15) is 75.8 Å². The van der Waals surface area contributed by atoms with E-state index >= 15 is 0 Å². The molecule has 2 aromatic carbocycles. The summed E-state index contributed by atoms with van der Waals surface area (Å²) in [5, 5.41) is 5.78. The molecule has 56 heavy (non-hydrogen) atoms. The van der Waals surface area contributed by atoms with Gasteiger partial charge in [-0.15, -0.1) is 13.2 Å². The molecule has 3 aliphatic heterocycles. The zero-order valence-corrected chi connectivity index (χ0v) is 31.4. The number of fused-ring (bicyclic) bond motifs is 3. The van der Waals surface area contributed by atoms with Gasteiger partial charge >= 0.3 is 12.5 Å². The molecular weight excluding hydrogens is 763 g/mol. The predicted molar refractivity (Wildman–Crippen MR) is 192 cm³/mol. The Hall–Kier alpha value is -4.87. The first-order valence-electron chi connectivity index (χ1n) is 18.7. The van der Waals surface area contributed by atoms with Gasteiger partial charge < -0.3 is 25.0 Å². The summed E-state index contributed by atoms with van der Waals surface area (Å²) < 4.78 is 90.7. The number of hydrogen-bond donors (Lipinski definition) is 3. The van der Waals surface area contributed by atoms with E-state index in [1.54, 1.807) is 12.1 Å². The van der Waals surface area contributed by atoms with Crippen molar-refractivity contribution in [2.45, 2.75) is 113 Å². The Morgan fingerprint density at radius 2 is 1.80 bits per heavy atom. The molecule has 2 aromatic rings. The van der Waals surface area contributed by atoms with Gasteiger partial charge in [-0.1, -0.05) is 43.2 Å². The van der Waals surface area contributed by atoms with Gasteiger partial charge in [0.15, 0.2) is 0 Å². The quantitative estimate of drug-likeness (QED) is 0.258. The van der Waals surface area contributed by atoms with E-state index in [4.69, 9.17) is 4.74 Å². The van der Waals surface area contributed by atoms with E-state index in [1.165, 1.54) is 41.0 Å². The summed E-state index contributed by atoms with van der Waals surface area (Å²) in [6, 6.07) is 7.20. The number of nitrogens with zero attached hydrogens (tertiary/aromatic N) is 2. The highest BCUT2D eigenvalue weighted by Gasteiger charge is 2.63. The number of ether oxygens (including phenoxy) is 2. The number of rotatable bonds is 7. The van der Waals surface area contributed by atoms with Gasteiger partial charge in [0, 0.05) is 36.2 Å². The van der Waals surface area contributed by atoms with Crippen LogP contribution in [0.3, 0.4) is 0 Å². The van der Waals surface area contributed by atoms with Gasteiger partial charge in [-0.25, -0.2) is 17.6 Å². The molecule has 13 nitrogen and oxygen atoms in total. The fraction of sp³-hybridized carbons (Fsp3) is 0.526. The molecule has 302 valence electrons. The molecule has 3 N–H and O–H groups in total. The minimum absolute atomic E-state index is 0.0439. The fourth-order valence-electron chi connectivity index (χ4n) is 7.66.